The first kappa shape index (κ1) is 25.3. The molecule has 2 N–H and O–H groups in total. The maximum absolute atomic E-state index is 4.49. The van der Waals surface area contributed by atoms with Crippen molar-refractivity contribution in [2.75, 3.05) is 39.3 Å². The Morgan fingerprint density at radius 1 is 0.722 bits per heavy atom. The van der Waals surface area contributed by atoms with Gasteiger partial charge in [-0.1, -0.05) is 61.7 Å². The molecule has 0 bridgehead atoms. The molecule has 0 spiro atoms. The summed E-state index contributed by atoms with van der Waals surface area (Å²) in [6.07, 6.45) is 10.1. The topological polar surface area (TPSA) is 43.4 Å². The smallest absolute Gasteiger partial charge is 0.0543 e. The second kappa shape index (κ2) is 13.3. The highest BCUT2D eigenvalue weighted by atomic mass is 15.3. The monoisotopic (exact) mass is 485 g/mol. The molecule has 0 atom stereocenters. The number of rotatable bonds is 11. The molecule has 5 rings (SSSR count). The Hall–Kier alpha value is -2.31. The van der Waals surface area contributed by atoms with Gasteiger partial charge in [0, 0.05) is 58.1 Å². The zero-order valence-corrected chi connectivity index (χ0v) is 21.8. The van der Waals surface area contributed by atoms with Gasteiger partial charge in [-0.25, -0.2) is 0 Å². The van der Waals surface area contributed by atoms with Crippen LogP contribution in [0.2, 0.25) is 0 Å². The van der Waals surface area contributed by atoms with Crippen LogP contribution in [0.15, 0.2) is 60.8 Å². The van der Waals surface area contributed by atoms with Crippen LogP contribution in [0.4, 0.5) is 0 Å². The van der Waals surface area contributed by atoms with Gasteiger partial charge in [-0.05, 0) is 66.4 Å². The summed E-state index contributed by atoms with van der Waals surface area (Å²) in [7, 11) is 0. The molecule has 1 aromatic heterocycles. The summed E-state index contributed by atoms with van der Waals surface area (Å²) in [6, 6.07) is 20.6. The van der Waals surface area contributed by atoms with Crippen LogP contribution in [-0.2, 0) is 19.6 Å². The SMILES string of the molecule is c1ccc(CN2CCN(Cc3ccc(CNCCCNC4CCCCC4)c4ccccc34)CC2)nc1. The zero-order chi connectivity index (χ0) is 24.4. The minimum absolute atomic E-state index is 0.763. The molecule has 2 fully saturated rings. The first-order valence-corrected chi connectivity index (χ1v) is 14.1. The predicted octanol–water partition coefficient (Wildman–Crippen LogP) is 4.95. The standard InChI is InChI=1S/C31H43N5/c1-2-9-28(10-3-1)33-18-8-16-32-23-26-14-15-27(31-13-5-4-12-30(26)31)24-35-19-21-36(22-20-35)25-29-11-6-7-17-34-29/h4-7,11-15,17,28,32-33H,1-3,8-10,16,18-25H2. The van der Waals surface area contributed by atoms with Crippen LogP contribution in [0.5, 0.6) is 0 Å². The first-order chi connectivity index (χ1) is 17.8. The second-order valence-electron chi connectivity index (χ2n) is 10.6. The van der Waals surface area contributed by atoms with Gasteiger partial charge in [0.2, 0.25) is 0 Å². The van der Waals surface area contributed by atoms with Crippen molar-refractivity contribution >= 4 is 10.8 Å². The molecule has 5 nitrogen and oxygen atoms in total. The fourth-order valence-corrected chi connectivity index (χ4v) is 5.83. The maximum Gasteiger partial charge on any atom is 0.0543 e. The Kier molecular flexibility index (Phi) is 9.36. The minimum atomic E-state index is 0.763. The summed E-state index contributed by atoms with van der Waals surface area (Å²) in [4.78, 5) is 9.62. The Bertz CT molecular complexity index is 1060. The van der Waals surface area contributed by atoms with Crippen LogP contribution in [0.3, 0.4) is 0 Å². The van der Waals surface area contributed by atoms with E-state index in [0.29, 0.717) is 0 Å². The molecule has 1 aliphatic heterocycles. The summed E-state index contributed by atoms with van der Waals surface area (Å²) >= 11 is 0. The zero-order valence-electron chi connectivity index (χ0n) is 21.8. The predicted molar refractivity (Wildman–Crippen MR) is 150 cm³/mol. The van der Waals surface area contributed by atoms with Gasteiger partial charge < -0.3 is 10.6 Å². The van der Waals surface area contributed by atoms with Gasteiger partial charge >= 0.3 is 0 Å². The van der Waals surface area contributed by atoms with E-state index >= 15 is 0 Å². The molecule has 2 aromatic carbocycles. The Morgan fingerprint density at radius 2 is 1.42 bits per heavy atom. The Labute approximate surface area is 217 Å². The van der Waals surface area contributed by atoms with Gasteiger partial charge in [0.1, 0.15) is 0 Å². The van der Waals surface area contributed by atoms with Crippen molar-refractivity contribution in [1.82, 2.24) is 25.4 Å². The van der Waals surface area contributed by atoms with Crippen molar-refractivity contribution in [2.24, 2.45) is 0 Å². The van der Waals surface area contributed by atoms with Crippen molar-refractivity contribution in [3.8, 4) is 0 Å². The summed E-state index contributed by atoms with van der Waals surface area (Å²) in [5.74, 6) is 0. The van der Waals surface area contributed by atoms with Crippen LogP contribution < -0.4 is 10.6 Å². The molecule has 5 heteroatoms. The van der Waals surface area contributed by atoms with Crippen molar-refractivity contribution in [3.63, 3.8) is 0 Å². The van der Waals surface area contributed by atoms with E-state index in [9.17, 15) is 0 Å². The van der Waals surface area contributed by atoms with Gasteiger partial charge in [0.25, 0.3) is 0 Å². The number of nitrogens with zero attached hydrogens (tertiary/aromatic N) is 3. The summed E-state index contributed by atoms with van der Waals surface area (Å²) < 4.78 is 0. The largest absolute Gasteiger partial charge is 0.314 e. The third-order valence-electron chi connectivity index (χ3n) is 7.96. The highest BCUT2D eigenvalue weighted by Crippen LogP contribution is 2.25. The fraction of sp³-hybridized carbons (Fsp3) is 0.516. The van der Waals surface area contributed by atoms with Crippen molar-refractivity contribution in [1.29, 1.82) is 0 Å². The third kappa shape index (κ3) is 7.13. The molecule has 0 amide bonds. The highest BCUT2D eigenvalue weighted by Gasteiger charge is 2.18. The molecule has 0 unspecified atom stereocenters. The van der Waals surface area contributed by atoms with Gasteiger partial charge in [-0.3, -0.25) is 14.8 Å². The fourth-order valence-electron chi connectivity index (χ4n) is 5.83. The van der Waals surface area contributed by atoms with Gasteiger partial charge in [-0.2, -0.15) is 0 Å². The van der Waals surface area contributed by atoms with E-state index in [4.69, 9.17) is 0 Å². The molecular formula is C31H43N5. The van der Waals surface area contributed by atoms with Gasteiger partial charge in [-0.15, -0.1) is 0 Å². The number of aromatic nitrogens is 1. The quantitative estimate of drug-likeness (QED) is 0.376. The Balaban J connectivity index is 1.09. The van der Waals surface area contributed by atoms with Gasteiger partial charge in [0.15, 0.2) is 0 Å². The van der Waals surface area contributed by atoms with Gasteiger partial charge in [0.05, 0.1) is 5.69 Å². The van der Waals surface area contributed by atoms with E-state index in [-0.39, 0.29) is 0 Å². The molecule has 1 aliphatic carbocycles. The number of fused-ring (bicyclic) bond motifs is 1. The Morgan fingerprint density at radius 3 is 2.17 bits per heavy atom. The summed E-state index contributed by atoms with van der Waals surface area (Å²) in [5, 5.41) is 10.3. The third-order valence-corrected chi connectivity index (χ3v) is 7.96. The first-order valence-electron chi connectivity index (χ1n) is 14.1. The van der Waals surface area contributed by atoms with E-state index < -0.39 is 0 Å². The highest BCUT2D eigenvalue weighted by molar-refractivity contribution is 5.88. The van der Waals surface area contributed by atoms with E-state index in [1.165, 1.54) is 66.1 Å². The van der Waals surface area contributed by atoms with E-state index in [2.05, 4.69) is 73.9 Å². The second-order valence-corrected chi connectivity index (χ2v) is 10.6. The molecule has 1 saturated carbocycles. The number of nitrogens with one attached hydrogen (secondary N) is 2. The lowest BCUT2D eigenvalue weighted by Gasteiger charge is -2.34. The number of piperazine rings is 1. The number of hydrogen-bond acceptors (Lipinski definition) is 5. The average Bonchev–Trinajstić information content (AvgIpc) is 2.94. The molecule has 192 valence electrons. The van der Waals surface area contributed by atoms with Crippen molar-refractivity contribution in [2.45, 2.75) is 64.2 Å². The summed E-state index contributed by atoms with van der Waals surface area (Å²) in [6.45, 7) is 9.55. The number of pyridine rings is 1. The average molecular weight is 486 g/mol. The molecule has 2 heterocycles. The van der Waals surface area contributed by atoms with Crippen LogP contribution in [0.25, 0.3) is 10.8 Å². The van der Waals surface area contributed by atoms with Crippen molar-refractivity contribution in [3.05, 3.63) is 77.6 Å². The maximum atomic E-state index is 4.49. The van der Waals surface area contributed by atoms with Crippen molar-refractivity contribution < 1.29 is 0 Å². The molecule has 3 aromatic rings. The van der Waals surface area contributed by atoms with Crippen LogP contribution in [-0.4, -0.2) is 60.1 Å². The lowest BCUT2D eigenvalue weighted by molar-refractivity contribution is 0.121. The van der Waals surface area contributed by atoms with E-state index in [0.717, 1.165) is 64.9 Å². The molecular weight excluding hydrogens is 442 g/mol. The lowest BCUT2D eigenvalue weighted by atomic mass is 9.95. The normalized spacial score (nSPS) is 18.1. The lowest BCUT2D eigenvalue weighted by Crippen LogP contribution is -2.45. The summed E-state index contributed by atoms with van der Waals surface area (Å²) in [5.41, 5.74) is 4.03. The van der Waals surface area contributed by atoms with E-state index in [1.54, 1.807) is 0 Å². The van der Waals surface area contributed by atoms with E-state index in [1.807, 2.05) is 12.3 Å². The molecule has 36 heavy (non-hydrogen) atoms. The minimum Gasteiger partial charge on any atom is -0.314 e. The number of hydrogen-bond donors (Lipinski definition) is 2. The number of benzene rings is 2. The van der Waals surface area contributed by atoms with Crippen LogP contribution in [0.1, 0.15) is 55.3 Å². The van der Waals surface area contributed by atoms with Crippen LogP contribution in [0, 0.1) is 0 Å². The molecule has 2 aliphatic rings. The molecule has 1 saturated heterocycles. The van der Waals surface area contributed by atoms with Crippen LogP contribution >= 0.6 is 0 Å². The molecule has 0 radical (unpaired) electrons.